The lowest BCUT2D eigenvalue weighted by molar-refractivity contribution is -0.153. The Morgan fingerprint density at radius 1 is 1.36 bits per heavy atom. The van der Waals surface area contributed by atoms with E-state index in [-0.39, 0.29) is 16.9 Å². The Kier molecular flexibility index (Phi) is 5.82. The average Bonchev–Trinajstić information content (AvgIpc) is 2.80. The van der Waals surface area contributed by atoms with Crippen LogP contribution in [0, 0.1) is 0 Å². The second kappa shape index (κ2) is 7.68. The topological polar surface area (TPSA) is 125 Å². The Labute approximate surface area is 155 Å². The number of carbonyl (C=O) groups is 4. The number of aromatic hydroxyl groups is 1. The van der Waals surface area contributed by atoms with Crippen LogP contribution < -0.4 is 9.47 Å². The van der Waals surface area contributed by atoms with Crippen LogP contribution in [-0.2, 0) is 19.1 Å². The Morgan fingerprint density at radius 3 is 2.64 bits per heavy atom. The molecule has 1 atom stereocenters. The minimum absolute atomic E-state index is 0.315. The van der Waals surface area contributed by atoms with Gasteiger partial charge < -0.3 is 24.1 Å². The molecule has 9 nitrogen and oxygen atoms in total. The molecule has 1 aromatic carbocycles. The molecular formula is C15H13IO9. The first-order valence-electron chi connectivity index (χ1n) is 7.01. The van der Waals surface area contributed by atoms with E-state index >= 15 is 0 Å². The van der Waals surface area contributed by atoms with Crippen LogP contribution in [0.5, 0.6) is 17.2 Å². The number of ether oxygens (including phenoxy) is 4. The lowest BCUT2D eigenvalue weighted by Crippen LogP contribution is -2.23. The van der Waals surface area contributed by atoms with Crippen molar-refractivity contribution in [3.63, 3.8) is 0 Å². The van der Waals surface area contributed by atoms with E-state index in [4.69, 9.17) is 14.2 Å². The van der Waals surface area contributed by atoms with E-state index in [1.165, 1.54) is 0 Å². The molecule has 1 aromatic rings. The molecule has 134 valence electrons. The smallest absolute Gasteiger partial charge is 0.349 e. The Morgan fingerprint density at radius 2 is 2.04 bits per heavy atom. The molecule has 2 rings (SSSR count). The first-order chi connectivity index (χ1) is 11.8. The number of phenolic OH excluding ortho intramolecular Hbond substituents is 1. The SMILES string of the molecule is CCC(I)C(=O)OCC(=O)Oc1cc(C(=O)OC)c2c(O)c1OC2=O. The molecule has 0 fully saturated rings. The van der Waals surface area contributed by atoms with E-state index in [0.29, 0.717) is 6.42 Å². The number of benzene rings is 1. The first-order valence-corrected chi connectivity index (χ1v) is 8.26. The fraction of sp³-hybridized carbons (Fsp3) is 0.333. The molecule has 1 aliphatic heterocycles. The average molecular weight is 464 g/mol. The summed E-state index contributed by atoms with van der Waals surface area (Å²) in [6, 6.07) is 1.04. The van der Waals surface area contributed by atoms with Crippen LogP contribution in [0.2, 0.25) is 0 Å². The number of phenols is 1. The minimum Gasteiger partial charge on any atom is -0.504 e. The van der Waals surface area contributed by atoms with Gasteiger partial charge in [-0.05, 0) is 6.42 Å². The highest BCUT2D eigenvalue weighted by Crippen LogP contribution is 2.47. The summed E-state index contributed by atoms with van der Waals surface area (Å²) in [6.45, 7) is 1.10. The molecule has 0 aromatic heterocycles. The van der Waals surface area contributed by atoms with Crippen molar-refractivity contribution in [3.8, 4) is 17.2 Å². The number of methoxy groups -OCH3 is 1. The summed E-state index contributed by atoms with van der Waals surface area (Å²) in [5, 5.41) is 9.95. The van der Waals surface area contributed by atoms with Gasteiger partial charge in [-0.15, -0.1) is 0 Å². The summed E-state index contributed by atoms with van der Waals surface area (Å²) >= 11 is 1.87. The third kappa shape index (κ3) is 3.83. The van der Waals surface area contributed by atoms with Crippen molar-refractivity contribution in [2.75, 3.05) is 13.7 Å². The maximum absolute atomic E-state index is 11.8. The van der Waals surface area contributed by atoms with Crippen LogP contribution in [0.4, 0.5) is 0 Å². The first kappa shape index (κ1) is 19.0. The molecule has 10 heteroatoms. The van der Waals surface area contributed by atoms with Crippen molar-refractivity contribution < 1.29 is 43.2 Å². The zero-order valence-corrected chi connectivity index (χ0v) is 15.3. The van der Waals surface area contributed by atoms with Crippen molar-refractivity contribution in [3.05, 3.63) is 17.2 Å². The monoisotopic (exact) mass is 464 g/mol. The Hall–Kier alpha value is -2.37. The molecule has 0 saturated heterocycles. The van der Waals surface area contributed by atoms with Gasteiger partial charge in [0.2, 0.25) is 5.75 Å². The molecular weight excluding hydrogens is 451 g/mol. The largest absolute Gasteiger partial charge is 0.504 e. The van der Waals surface area contributed by atoms with Crippen LogP contribution in [0.15, 0.2) is 6.07 Å². The number of halogens is 1. The van der Waals surface area contributed by atoms with Gasteiger partial charge in [0.05, 0.1) is 12.7 Å². The predicted molar refractivity (Wildman–Crippen MR) is 89.1 cm³/mol. The second-order valence-electron chi connectivity index (χ2n) is 4.81. The lowest BCUT2D eigenvalue weighted by atomic mass is 10.1. The Bertz CT molecular complexity index is 756. The quantitative estimate of drug-likeness (QED) is 0.288. The molecule has 0 amide bonds. The fourth-order valence-corrected chi connectivity index (χ4v) is 2.14. The summed E-state index contributed by atoms with van der Waals surface area (Å²) in [5.74, 6) is -4.85. The molecule has 0 spiro atoms. The number of rotatable bonds is 6. The molecule has 1 heterocycles. The second-order valence-corrected chi connectivity index (χ2v) is 6.32. The van der Waals surface area contributed by atoms with Gasteiger partial charge in [-0.25, -0.2) is 14.4 Å². The predicted octanol–water partition coefficient (Wildman–Crippen LogP) is 1.37. The number of fused-ring (bicyclic) bond motifs is 2. The number of esters is 4. The van der Waals surface area contributed by atoms with Gasteiger partial charge in [0.15, 0.2) is 18.1 Å². The van der Waals surface area contributed by atoms with Gasteiger partial charge >= 0.3 is 23.9 Å². The standard InChI is InChI=1S/C15H13IO9/c1-3-7(16)14(20)23-5-9(17)24-8-4-6(13(19)22-2)10-11(18)12(8)25-15(10)21/h4,7,18H,3,5H2,1-2H3. The van der Waals surface area contributed by atoms with E-state index < -0.39 is 45.9 Å². The van der Waals surface area contributed by atoms with E-state index in [1.54, 1.807) is 6.92 Å². The van der Waals surface area contributed by atoms with E-state index in [1.807, 2.05) is 22.6 Å². The minimum atomic E-state index is -0.977. The van der Waals surface area contributed by atoms with Crippen molar-refractivity contribution in [1.29, 1.82) is 0 Å². The van der Waals surface area contributed by atoms with Crippen LogP contribution in [-0.4, -0.2) is 46.6 Å². The van der Waals surface area contributed by atoms with E-state index in [0.717, 1.165) is 13.2 Å². The maximum Gasteiger partial charge on any atom is 0.349 e. The summed E-state index contributed by atoms with van der Waals surface area (Å²) in [4.78, 5) is 46.8. The van der Waals surface area contributed by atoms with Crippen molar-refractivity contribution >= 4 is 46.5 Å². The van der Waals surface area contributed by atoms with Crippen molar-refractivity contribution in [2.24, 2.45) is 0 Å². The van der Waals surface area contributed by atoms with Gasteiger partial charge in [0.1, 0.15) is 9.49 Å². The van der Waals surface area contributed by atoms with Crippen LogP contribution in [0.1, 0.15) is 34.1 Å². The van der Waals surface area contributed by atoms with Crippen LogP contribution in [0.25, 0.3) is 0 Å². The van der Waals surface area contributed by atoms with Gasteiger partial charge in [-0.2, -0.15) is 0 Å². The number of hydrogen-bond donors (Lipinski definition) is 1. The van der Waals surface area contributed by atoms with Gasteiger partial charge in [-0.1, -0.05) is 29.5 Å². The molecule has 1 aliphatic rings. The van der Waals surface area contributed by atoms with Crippen molar-refractivity contribution in [2.45, 2.75) is 17.3 Å². The zero-order chi connectivity index (χ0) is 18.7. The van der Waals surface area contributed by atoms with Gasteiger partial charge in [-0.3, -0.25) is 4.79 Å². The summed E-state index contributed by atoms with van der Waals surface area (Å²) in [6.07, 6.45) is 0.534. The third-order valence-corrected chi connectivity index (χ3v) is 4.58. The summed E-state index contributed by atoms with van der Waals surface area (Å²) in [7, 11) is 1.08. The van der Waals surface area contributed by atoms with Crippen LogP contribution in [0.3, 0.4) is 0 Å². The van der Waals surface area contributed by atoms with Crippen molar-refractivity contribution in [1.82, 2.24) is 0 Å². The molecule has 25 heavy (non-hydrogen) atoms. The zero-order valence-electron chi connectivity index (χ0n) is 13.2. The maximum atomic E-state index is 11.8. The summed E-state index contributed by atoms with van der Waals surface area (Å²) < 4.78 is 18.6. The van der Waals surface area contributed by atoms with E-state index in [2.05, 4.69) is 4.74 Å². The van der Waals surface area contributed by atoms with E-state index in [9.17, 15) is 24.3 Å². The van der Waals surface area contributed by atoms with Crippen LogP contribution >= 0.6 is 22.6 Å². The third-order valence-electron chi connectivity index (χ3n) is 3.19. The molecule has 0 saturated carbocycles. The summed E-state index contributed by atoms with van der Waals surface area (Å²) in [5.41, 5.74) is -0.687. The molecule has 1 unspecified atom stereocenters. The molecule has 0 radical (unpaired) electrons. The lowest BCUT2D eigenvalue weighted by Gasteiger charge is -2.10. The number of hydrogen-bond acceptors (Lipinski definition) is 9. The number of alkyl halides is 1. The van der Waals surface area contributed by atoms with Gasteiger partial charge in [0, 0.05) is 6.07 Å². The number of carbonyl (C=O) groups excluding carboxylic acids is 4. The molecule has 1 N–H and O–H groups in total. The molecule has 2 bridgehead atoms. The van der Waals surface area contributed by atoms with Gasteiger partial charge in [0.25, 0.3) is 0 Å². The normalized spacial score (nSPS) is 13.0. The highest BCUT2D eigenvalue weighted by atomic mass is 127. The highest BCUT2D eigenvalue weighted by Gasteiger charge is 2.37. The highest BCUT2D eigenvalue weighted by molar-refractivity contribution is 14.1. The Balaban J connectivity index is 2.18. The molecule has 0 aliphatic carbocycles. The fourth-order valence-electron chi connectivity index (χ4n) is 1.96.